The van der Waals surface area contributed by atoms with Crippen LogP contribution in [0, 0.1) is 0 Å². The molecular weight excluding hydrogens is 280 g/mol. The van der Waals surface area contributed by atoms with E-state index in [9.17, 15) is 4.79 Å². The number of pyridine rings is 1. The molecule has 0 bridgehead atoms. The lowest BCUT2D eigenvalue weighted by atomic mass is 10.2. The maximum Gasteiger partial charge on any atom is 0.258 e. The molecule has 3 rings (SSSR count). The van der Waals surface area contributed by atoms with Crippen LogP contribution in [0.4, 0.5) is 0 Å². The molecule has 1 aromatic carbocycles. The van der Waals surface area contributed by atoms with Gasteiger partial charge in [0.2, 0.25) is 0 Å². The second-order valence-corrected chi connectivity index (χ2v) is 5.81. The molecule has 0 fully saturated rings. The van der Waals surface area contributed by atoms with Crippen LogP contribution in [0.1, 0.15) is 5.56 Å². The van der Waals surface area contributed by atoms with E-state index in [4.69, 9.17) is 0 Å². The van der Waals surface area contributed by atoms with E-state index in [-0.39, 0.29) is 5.56 Å². The molecule has 0 aliphatic heterocycles. The first kappa shape index (κ1) is 14.0. The molecule has 1 N–H and O–H groups in total. The smallest absolute Gasteiger partial charge is 0.258 e. The van der Waals surface area contributed by atoms with Crippen molar-refractivity contribution in [1.29, 1.82) is 0 Å². The molecule has 0 radical (unpaired) electrons. The lowest BCUT2D eigenvalue weighted by Gasteiger charge is -2.08. The first-order valence-electron chi connectivity index (χ1n) is 7.14. The molecule has 21 heavy (non-hydrogen) atoms. The summed E-state index contributed by atoms with van der Waals surface area (Å²) >= 11 is 1.73. The van der Waals surface area contributed by atoms with E-state index in [0.29, 0.717) is 6.54 Å². The quantitative estimate of drug-likeness (QED) is 0.710. The van der Waals surface area contributed by atoms with E-state index in [1.807, 2.05) is 36.5 Å². The third kappa shape index (κ3) is 3.40. The summed E-state index contributed by atoms with van der Waals surface area (Å²) in [5.74, 6) is 0. The molecular formula is C17H18N2OS. The molecule has 0 aliphatic rings. The van der Waals surface area contributed by atoms with Crippen molar-refractivity contribution in [2.24, 2.45) is 0 Å². The Morgan fingerprint density at radius 2 is 2.00 bits per heavy atom. The molecule has 2 heterocycles. The van der Waals surface area contributed by atoms with Crippen LogP contribution in [0.2, 0.25) is 0 Å². The highest BCUT2D eigenvalue weighted by atomic mass is 32.1. The first-order chi connectivity index (χ1) is 10.3. The summed E-state index contributed by atoms with van der Waals surface area (Å²) in [6.07, 6.45) is 2.92. The Hall–Kier alpha value is -1.91. The van der Waals surface area contributed by atoms with E-state index in [2.05, 4.69) is 22.1 Å². The molecule has 0 spiro atoms. The number of fused-ring (bicyclic) bond motifs is 1. The third-order valence-electron chi connectivity index (χ3n) is 3.59. The average molecular weight is 298 g/mol. The van der Waals surface area contributed by atoms with Gasteiger partial charge in [-0.3, -0.25) is 4.79 Å². The van der Waals surface area contributed by atoms with E-state index in [1.165, 1.54) is 5.56 Å². The van der Waals surface area contributed by atoms with Gasteiger partial charge in [0.05, 0.1) is 0 Å². The Morgan fingerprint density at radius 3 is 2.86 bits per heavy atom. The van der Waals surface area contributed by atoms with Crippen LogP contribution in [0.15, 0.2) is 58.1 Å². The summed E-state index contributed by atoms with van der Waals surface area (Å²) in [5.41, 5.74) is 1.46. The van der Waals surface area contributed by atoms with Gasteiger partial charge in [0.1, 0.15) is 0 Å². The fourth-order valence-corrected chi connectivity index (χ4v) is 3.10. The molecule has 3 nitrogen and oxygen atoms in total. The van der Waals surface area contributed by atoms with Crippen molar-refractivity contribution in [3.05, 3.63) is 69.3 Å². The highest BCUT2D eigenvalue weighted by Crippen LogP contribution is 2.08. The van der Waals surface area contributed by atoms with Gasteiger partial charge in [-0.05, 0) is 52.9 Å². The maximum absolute atomic E-state index is 12.3. The Balaban J connectivity index is 1.56. The molecule has 0 amide bonds. The molecule has 0 unspecified atom stereocenters. The van der Waals surface area contributed by atoms with Crippen molar-refractivity contribution in [3.63, 3.8) is 0 Å². The van der Waals surface area contributed by atoms with Gasteiger partial charge in [0.25, 0.3) is 5.56 Å². The number of hydrogen-bond acceptors (Lipinski definition) is 3. The summed E-state index contributed by atoms with van der Waals surface area (Å²) in [7, 11) is 0. The fourth-order valence-electron chi connectivity index (χ4n) is 2.40. The standard InChI is InChI=1S/C17H18N2OS/c20-17-16-4-2-1-3-15(16)6-10-19(17)11-9-18-8-5-14-7-12-21-13-14/h1-4,6-7,10,12-13,18H,5,8-9,11H2. The largest absolute Gasteiger partial charge is 0.315 e. The van der Waals surface area contributed by atoms with Crippen LogP contribution in [0.5, 0.6) is 0 Å². The molecule has 2 aromatic heterocycles. The number of benzene rings is 1. The number of aromatic nitrogens is 1. The molecule has 0 aliphatic carbocycles. The van der Waals surface area contributed by atoms with Crippen LogP contribution in [-0.4, -0.2) is 17.7 Å². The van der Waals surface area contributed by atoms with Gasteiger partial charge in [-0.2, -0.15) is 11.3 Å². The predicted octanol–water partition coefficient (Wildman–Crippen LogP) is 2.90. The minimum Gasteiger partial charge on any atom is -0.315 e. The van der Waals surface area contributed by atoms with Crippen LogP contribution >= 0.6 is 11.3 Å². The number of hydrogen-bond donors (Lipinski definition) is 1. The van der Waals surface area contributed by atoms with Gasteiger partial charge in [-0.1, -0.05) is 18.2 Å². The van der Waals surface area contributed by atoms with Crippen molar-refractivity contribution in [3.8, 4) is 0 Å². The van der Waals surface area contributed by atoms with Crippen molar-refractivity contribution in [1.82, 2.24) is 9.88 Å². The van der Waals surface area contributed by atoms with E-state index in [0.717, 1.165) is 30.3 Å². The number of thiophene rings is 1. The van der Waals surface area contributed by atoms with E-state index in [1.54, 1.807) is 15.9 Å². The van der Waals surface area contributed by atoms with Gasteiger partial charge in [-0.15, -0.1) is 0 Å². The van der Waals surface area contributed by atoms with Crippen LogP contribution in [-0.2, 0) is 13.0 Å². The molecule has 0 saturated carbocycles. The highest BCUT2D eigenvalue weighted by molar-refractivity contribution is 7.07. The summed E-state index contributed by atoms with van der Waals surface area (Å²) in [6, 6.07) is 11.9. The van der Waals surface area contributed by atoms with Gasteiger partial charge >= 0.3 is 0 Å². The van der Waals surface area contributed by atoms with Crippen molar-refractivity contribution in [2.75, 3.05) is 13.1 Å². The topological polar surface area (TPSA) is 34.0 Å². The SMILES string of the molecule is O=c1c2ccccc2ccn1CCNCCc1ccsc1. The fraction of sp³-hybridized carbons (Fsp3) is 0.235. The Morgan fingerprint density at radius 1 is 1.10 bits per heavy atom. The van der Waals surface area contributed by atoms with E-state index >= 15 is 0 Å². The molecule has 0 atom stereocenters. The molecule has 4 heteroatoms. The highest BCUT2D eigenvalue weighted by Gasteiger charge is 2.01. The third-order valence-corrected chi connectivity index (χ3v) is 4.32. The predicted molar refractivity (Wildman–Crippen MR) is 89.1 cm³/mol. The van der Waals surface area contributed by atoms with Crippen molar-refractivity contribution in [2.45, 2.75) is 13.0 Å². The lowest BCUT2D eigenvalue weighted by molar-refractivity contribution is 0.589. The lowest BCUT2D eigenvalue weighted by Crippen LogP contribution is -2.27. The Labute approximate surface area is 127 Å². The van der Waals surface area contributed by atoms with Gasteiger partial charge < -0.3 is 9.88 Å². The zero-order valence-electron chi connectivity index (χ0n) is 11.8. The second kappa shape index (κ2) is 6.70. The molecule has 108 valence electrons. The minimum absolute atomic E-state index is 0.0905. The van der Waals surface area contributed by atoms with Crippen molar-refractivity contribution < 1.29 is 0 Å². The Kier molecular flexibility index (Phi) is 4.48. The number of nitrogens with zero attached hydrogens (tertiary/aromatic N) is 1. The number of rotatable bonds is 6. The molecule has 3 aromatic rings. The van der Waals surface area contributed by atoms with Crippen LogP contribution in [0.25, 0.3) is 10.8 Å². The van der Waals surface area contributed by atoms with Gasteiger partial charge in [0.15, 0.2) is 0 Å². The molecule has 0 saturated heterocycles. The summed E-state index contributed by atoms with van der Waals surface area (Å²) in [5, 5.41) is 9.46. The normalized spacial score (nSPS) is 11.0. The number of nitrogens with one attached hydrogen (secondary N) is 1. The zero-order chi connectivity index (χ0) is 14.5. The maximum atomic E-state index is 12.3. The monoisotopic (exact) mass is 298 g/mol. The van der Waals surface area contributed by atoms with Crippen molar-refractivity contribution >= 4 is 22.1 Å². The Bertz CT molecular complexity index is 762. The van der Waals surface area contributed by atoms with Crippen LogP contribution in [0.3, 0.4) is 0 Å². The average Bonchev–Trinajstić information content (AvgIpc) is 3.03. The van der Waals surface area contributed by atoms with Crippen LogP contribution < -0.4 is 10.9 Å². The van der Waals surface area contributed by atoms with Gasteiger partial charge in [0, 0.05) is 24.7 Å². The zero-order valence-corrected chi connectivity index (χ0v) is 12.6. The summed E-state index contributed by atoms with van der Waals surface area (Å²) in [4.78, 5) is 12.3. The summed E-state index contributed by atoms with van der Waals surface area (Å²) < 4.78 is 1.78. The van der Waals surface area contributed by atoms with Gasteiger partial charge in [-0.25, -0.2) is 0 Å². The summed E-state index contributed by atoms with van der Waals surface area (Å²) in [6.45, 7) is 2.45. The first-order valence-corrected chi connectivity index (χ1v) is 8.09. The minimum atomic E-state index is 0.0905. The second-order valence-electron chi connectivity index (χ2n) is 5.03. The van der Waals surface area contributed by atoms with E-state index < -0.39 is 0 Å².